The van der Waals surface area contributed by atoms with Crippen molar-refractivity contribution in [3.63, 3.8) is 0 Å². The lowest BCUT2D eigenvalue weighted by molar-refractivity contribution is -0.0440. The van der Waals surface area contributed by atoms with Gasteiger partial charge in [-0.2, -0.15) is 0 Å². The van der Waals surface area contributed by atoms with E-state index in [2.05, 4.69) is 4.98 Å². The lowest BCUT2D eigenvalue weighted by atomic mass is 9.87. The third-order valence-electron chi connectivity index (χ3n) is 5.51. The monoisotopic (exact) mass is 439 g/mol. The van der Waals surface area contributed by atoms with Gasteiger partial charge < -0.3 is 15.4 Å². The zero-order valence-electron chi connectivity index (χ0n) is 15.4. The molecular formula is C20H23Cl2N3O2S. The summed E-state index contributed by atoms with van der Waals surface area (Å²) in [6, 6.07) is 5.49. The molecule has 2 aliphatic heterocycles. The quantitative estimate of drug-likeness (QED) is 0.765. The number of rotatable bonds is 3. The summed E-state index contributed by atoms with van der Waals surface area (Å²) in [5.74, 6) is 0.310. The van der Waals surface area contributed by atoms with Crippen LogP contribution in [0.4, 0.5) is 0 Å². The van der Waals surface area contributed by atoms with E-state index in [1.54, 1.807) is 17.5 Å². The number of likely N-dealkylation sites (tertiary alicyclic amines) is 1. The number of aromatic nitrogens is 1. The predicted octanol–water partition coefficient (Wildman–Crippen LogP) is 4.48. The molecule has 3 unspecified atom stereocenters. The molecule has 2 fully saturated rings. The number of carbonyl (C=O) groups is 1. The average molecular weight is 440 g/mol. The van der Waals surface area contributed by atoms with Crippen molar-refractivity contribution in [1.29, 1.82) is 0 Å². The highest BCUT2D eigenvalue weighted by molar-refractivity contribution is 7.13. The number of carbonyl (C=O) groups excluding carboxylic acids is 1. The van der Waals surface area contributed by atoms with Gasteiger partial charge in [-0.1, -0.05) is 23.2 Å². The van der Waals surface area contributed by atoms with E-state index in [0.717, 1.165) is 42.8 Å². The van der Waals surface area contributed by atoms with Crippen molar-refractivity contribution < 1.29 is 9.53 Å². The number of hydrogen-bond acceptors (Lipinski definition) is 5. The van der Waals surface area contributed by atoms with E-state index in [4.69, 9.17) is 33.7 Å². The van der Waals surface area contributed by atoms with Crippen molar-refractivity contribution in [2.75, 3.05) is 19.7 Å². The van der Waals surface area contributed by atoms with Gasteiger partial charge in [0.1, 0.15) is 10.7 Å². The SMILES string of the molecule is NC1CCOC(C2CCCN(C(=O)c3csc(-c4ccc(Cl)cc4Cl)n3)C2)C1. The maximum atomic E-state index is 13.0. The maximum absolute atomic E-state index is 13.0. The smallest absolute Gasteiger partial charge is 0.273 e. The lowest BCUT2D eigenvalue weighted by Crippen LogP contribution is -2.47. The molecule has 2 N–H and O–H groups in total. The normalized spacial score (nSPS) is 25.7. The van der Waals surface area contributed by atoms with Gasteiger partial charge in [0.2, 0.25) is 0 Å². The van der Waals surface area contributed by atoms with Crippen LogP contribution in [0.15, 0.2) is 23.6 Å². The molecule has 2 aromatic rings. The molecule has 3 atom stereocenters. The van der Waals surface area contributed by atoms with Crippen LogP contribution in [0.5, 0.6) is 0 Å². The van der Waals surface area contributed by atoms with Crippen LogP contribution in [0.2, 0.25) is 10.0 Å². The summed E-state index contributed by atoms with van der Waals surface area (Å²) in [6.07, 6.45) is 4.00. The Balaban J connectivity index is 1.46. The maximum Gasteiger partial charge on any atom is 0.273 e. The van der Waals surface area contributed by atoms with Crippen LogP contribution in [0, 0.1) is 5.92 Å². The van der Waals surface area contributed by atoms with Crippen molar-refractivity contribution in [3.05, 3.63) is 39.3 Å². The highest BCUT2D eigenvalue weighted by Crippen LogP contribution is 2.33. The van der Waals surface area contributed by atoms with Gasteiger partial charge in [-0.3, -0.25) is 4.79 Å². The topological polar surface area (TPSA) is 68.5 Å². The third-order valence-corrected chi connectivity index (χ3v) is 6.93. The predicted molar refractivity (Wildman–Crippen MR) is 113 cm³/mol. The van der Waals surface area contributed by atoms with Gasteiger partial charge >= 0.3 is 0 Å². The molecule has 1 aromatic heterocycles. The number of piperidine rings is 1. The summed E-state index contributed by atoms with van der Waals surface area (Å²) in [5.41, 5.74) is 7.36. The van der Waals surface area contributed by atoms with Crippen LogP contribution >= 0.6 is 34.5 Å². The first kappa shape index (κ1) is 20.1. The standard InChI is InChI=1S/C20H23Cl2N3O2S/c21-13-3-4-15(16(22)8-13)19-24-17(11-28-19)20(26)25-6-1-2-12(10-25)18-9-14(23)5-7-27-18/h3-4,8,11-12,14,18H,1-2,5-7,9-10,23H2. The summed E-state index contributed by atoms with van der Waals surface area (Å²) in [6.45, 7) is 2.17. The Morgan fingerprint density at radius 3 is 2.96 bits per heavy atom. The molecule has 1 amide bonds. The van der Waals surface area contributed by atoms with E-state index in [-0.39, 0.29) is 18.1 Å². The molecule has 0 saturated carbocycles. The Labute approximate surface area is 178 Å². The molecule has 1 aromatic carbocycles. The second-order valence-corrected chi connectivity index (χ2v) is 9.21. The Morgan fingerprint density at radius 1 is 1.32 bits per heavy atom. The number of nitrogens with zero attached hydrogens (tertiary/aromatic N) is 2. The van der Waals surface area contributed by atoms with E-state index in [1.165, 1.54) is 11.3 Å². The van der Waals surface area contributed by atoms with Crippen LogP contribution in [-0.2, 0) is 4.74 Å². The average Bonchev–Trinajstić information content (AvgIpc) is 3.17. The molecule has 2 saturated heterocycles. The molecule has 150 valence electrons. The van der Waals surface area contributed by atoms with Gasteiger partial charge in [0.05, 0.1) is 11.1 Å². The summed E-state index contributed by atoms with van der Waals surface area (Å²) in [7, 11) is 0. The Bertz CT molecular complexity index is 860. The number of nitrogens with two attached hydrogens (primary N) is 1. The molecule has 0 spiro atoms. The molecule has 4 rings (SSSR count). The van der Waals surface area contributed by atoms with E-state index < -0.39 is 0 Å². The van der Waals surface area contributed by atoms with Gasteiger partial charge in [0, 0.05) is 47.6 Å². The highest BCUT2D eigenvalue weighted by atomic mass is 35.5. The fourth-order valence-corrected chi connectivity index (χ4v) is 5.39. The molecule has 0 radical (unpaired) electrons. The largest absolute Gasteiger partial charge is 0.378 e. The molecule has 8 heteroatoms. The zero-order chi connectivity index (χ0) is 19.7. The first-order valence-electron chi connectivity index (χ1n) is 9.58. The molecule has 2 aliphatic rings. The first-order chi connectivity index (χ1) is 13.5. The third kappa shape index (κ3) is 4.36. The van der Waals surface area contributed by atoms with E-state index in [0.29, 0.717) is 34.8 Å². The number of amides is 1. The van der Waals surface area contributed by atoms with Crippen molar-refractivity contribution in [2.45, 2.75) is 37.8 Å². The van der Waals surface area contributed by atoms with Gasteiger partial charge in [-0.15, -0.1) is 11.3 Å². The Kier molecular flexibility index (Phi) is 6.23. The minimum Gasteiger partial charge on any atom is -0.378 e. The van der Waals surface area contributed by atoms with Crippen molar-refractivity contribution in [3.8, 4) is 10.6 Å². The number of halogens is 2. The van der Waals surface area contributed by atoms with Crippen molar-refractivity contribution in [1.82, 2.24) is 9.88 Å². The van der Waals surface area contributed by atoms with Crippen LogP contribution in [0.25, 0.3) is 10.6 Å². The summed E-state index contributed by atoms with van der Waals surface area (Å²) in [4.78, 5) is 19.5. The first-order valence-corrected chi connectivity index (χ1v) is 11.2. The molecule has 0 aliphatic carbocycles. The van der Waals surface area contributed by atoms with Gasteiger partial charge in [-0.05, 0) is 43.9 Å². The van der Waals surface area contributed by atoms with Gasteiger partial charge in [-0.25, -0.2) is 4.98 Å². The van der Waals surface area contributed by atoms with Crippen LogP contribution in [-0.4, -0.2) is 47.6 Å². The highest BCUT2D eigenvalue weighted by Gasteiger charge is 2.33. The molecule has 5 nitrogen and oxygen atoms in total. The van der Waals surface area contributed by atoms with E-state index in [9.17, 15) is 4.79 Å². The number of benzene rings is 1. The summed E-state index contributed by atoms with van der Waals surface area (Å²) >= 11 is 13.7. The second kappa shape index (κ2) is 8.67. The number of thiazole rings is 1. The fourth-order valence-electron chi connectivity index (χ4n) is 4.00. The zero-order valence-corrected chi connectivity index (χ0v) is 17.8. The molecule has 0 bridgehead atoms. The number of ether oxygens (including phenoxy) is 1. The van der Waals surface area contributed by atoms with E-state index in [1.807, 2.05) is 11.0 Å². The van der Waals surface area contributed by atoms with E-state index >= 15 is 0 Å². The molecule has 28 heavy (non-hydrogen) atoms. The summed E-state index contributed by atoms with van der Waals surface area (Å²) in [5, 5.41) is 3.63. The van der Waals surface area contributed by atoms with Gasteiger partial charge in [0.15, 0.2) is 0 Å². The van der Waals surface area contributed by atoms with Crippen LogP contribution in [0.3, 0.4) is 0 Å². The van der Waals surface area contributed by atoms with Crippen LogP contribution in [0.1, 0.15) is 36.2 Å². The second-order valence-electron chi connectivity index (χ2n) is 7.51. The number of hydrogen-bond donors (Lipinski definition) is 1. The lowest BCUT2D eigenvalue weighted by Gasteiger charge is -2.39. The minimum atomic E-state index is -0.0302. The van der Waals surface area contributed by atoms with Crippen molar-refractivity contribution >= 4 is 40.4 Å². The van der Waals surface area contributed by atoms with Crippen molar-refractivity contribution in [2.24, 2.45) is 11.7 Å². The molecule has 3 heterocycles. The van der Waals surface area contributed by atoms with Gasteiger partial charge in [0.25, 0.3) is 5.91 Å². The fraction of sp³-hybridized carbons (Fsp3) is 0.500. The summed E-state index contributed by atoms with van der Waals surface area (Å²) < 4.78 is 5.95. The Morgan fingerprint density at radius 2 is 2.18 bits per heavy atom. The molecular weight excluding hydrogens is 417 g/mol. The minimum absolute atomic E-state index is 0.0302. The van der Waals surface area contributed by atoms with Crippen LogP contribution < -0.4 is 5.73 Å². The Hall–Kier alpha value is -1.18.